The zero-order chi connectivity index (χ0) is 15.5. The third-order valence-corrected chi connectivity index (χ3v) is 4.76. The average molecular weight is 305 g/mol. The Morgan fingerprint density at radius 2 is 1.74 bits per heavy atom. The van der Waals surface area contributed by atoms with Gasteiger partial charge in [0.2, 0.25) is 0 Å². The number of anilines is 1. The molecule has 118 valence electrons. The zero-order valence-corrected chi connectivity index (χ0v) is 13.4. The van der Waals surface area contributed by atoms with E-state index in [-0.39, 0.29) is 0 Å². The Morgan fingerprint density at radius 3 is 2.57 bits per heavy atom. The van der Waals surface area contributed by atoms with Crippen LogP contribution in [0.3, 0.4) is 0 Å². The van der Waals surface area contributed by atoms with Gasteiger partial charge in [-0.05, 0) is 30.5 Å². The van der Waals surface area contributed by atoms with Gasteiger partial charge in [0.15, 0.2) is 0 Å². The summed E-state index contributed by atoms with van der Waals surface area (Å²) in [5, 5.41) is 3.79. The number of nitrogens with zero attached hydrogens (tertiary/aromatic N) is 2. The molecule has 0 aliphatic heterocycles. The Labute approximate surface area is 137 Å². The standard InChI is InChI=1S/C20H23N3/c1-3-9-16(10-4-1)15-18-20(21-17-11-5-2-6-12-17)23-14-8-7-13-19(23)22-18/h1,3-4,7-10,13-14,17,21H,2,5-6,11-12,15H2. The van der Waals surface area contributed by atoms with E-state index in [1.54, 1.807) is 0 Å². The van der Waals surface area contributed by atoms with Crippen molar-refractivity contribution in [3.63, 3.8) is 0 Å². The maximum Gasteiger partial charge on any atom is 0.138 e. The summed E-state index contributed by atoms with van der Waals surface area (Å²) in [5.74, 6) is 1.18. The van der Waals surface area contributed by atoms with Gasteiger partial charge < -0.3 is 5.32 Å². The molecule has 23 heavy (non-hydrogen) atoms. The molecule has 0 radical (unpaired) electrons. The number of imidazole rings is 1. The van der Waals surface area contributed by atoms with Crippen molar-refractivity contribution in [2.24, 2.45) is 0 Å². The van der Waals surface area contributed by atoms with Crippen LogP contribution in [0.2, 0.25) is 0 Å². The van der Waals surface area contributed by atoms with Crippen LogP contribution in [0.5, 0.6) is 0 Å². The highest BCUT2D eigenvalue weighted by atomic mass is 15.1. The van der Waals surface area contributed by atoms with Crippen LogP contribution < -0.4 is 5.32 Å². The van der Waals surface area contributed by atoms with E-state index in [0.717, 1.165) is 17.8 Å². The Morgan fingerprint density at radius 1 is 0.957 bits per heavy atom. The molecule has 2 heterocycles. The highest BCUT2D eigenvalue weighted by Crippen LogP contribution is 2.26. The molecule has 0 spiro atoms. The van der Waals surface area contributed by atoms with E-state index in [0.29, 0.717) is 6.04 Å². The predicted octanol–water partition coefficient (Wildman–Crippen LogP) is 4.67. The van der Waals surface area contributed by atoms with Crippen LogP contribution in [0.15, 0.2) is 54.7 Å². The van der Waals surface area contributed by atoms with E-state index in [1.165, 1.54) is 43.5 Å². The number of pyridine rings is 1. The van der Waals surface area contributed by atoms with Crippen molar-refractivity contribution < 1.29 is 0 Å². The lowest BCUT2D eigenvalue weighted by Crippen LogP contribution is -2.23. The highest BCUT2D eigenvalue weighted by Gasteiger charge is 2.18. The van der Waals surface area contributed by atoms with Crippen LogP contribution in [0.4, 0.5) is 5.82 Å². The Balaban J connectivity index is 1.69. The maximum absolute atomic E-state index is 4.87. The summed E-state index contributed by atoms with van der Waals surface area (Å²) in [6.07, 6.45) is 9.57. The molecule has 1 saturated carbocycles. The molecule has 3 aromatic rings. The van der Waals surface area contributed by atoms with Crippen LogP contribution in [0, 0.1) is 0 Å². The quantitative estimate of drug-likeness (QED) is 0.759. The van der Waals surface area contributed by atoms with Crippen LogP contribution in [-0.2, 0) is 6.42 Å². The number of hydrogen-bond donors (Lipinski definition) is 1. The van der Waals surface area contributed by atoms with Gasteiger partial charge in [0.1, 0.15) is 11.5 Å². The van der Waals surface area contributed by atoms with Gasteiger partial charge in [-0.15, -0.1) is 0 Å². The van der Waals surface area contributed by atoms with Crippen molar-refractivity contribution in [2.75, 3.05) is 5.32 Å². The van der Waals surface area contributed by atoms with Crippen molar-refractivity contribution in [3.8, 4) is 0 Å². The summed E-state index contributed by atoms with van der Waals surface area (Å²) in [5.41, 5.74) is 3.48. The van der Waals surface area contributed by atoms with Crippen LogP contribution in [0.25, 0.3) is 5.65 Å². The fourth-order valence-electron chi connectivity index (χ4n) is 3.55. The van der Waals surface area contributed by atoms with E-state index >= 15 is 0 Å². The monoisotopic (exact) mass is 305 g/mol. The molecule has 1 aromatic carbocycles. The minimum atomic E-state index is 0.582. The lowest BCUT2D eigenvalue weighted by atomic mass is 9.95. The van der Waals surface area contributed by atoms with Gasteiger partial charge in [0.25, 0.3) is 0 Å². The summed E-state index contributed by atoms with van der Waals surface area (Å²) in [4.78, 5) is 4.87. The Hall–Kier alpha value is -2.29. The van der Waals surface area contributed by atoms with E-state index < -0.39 is 0 Å². The van der Waals surface area contributed by atoms with Crippen LogP contribution in [0.1, 0.15) is 43.4 Å². The summed E-state index contributed by atoms with van der Waals surface area (Å²) < 4.78 is 2.20. The fraction of sp³-hybridized carbons (Fsp3) is 0.350. The number of rotatable bonds is 4. The Bertz CT molecular complexity index is 770. The van der Waals surface area contributed by atoms with Crippen molar-refractivity contribution >= 4 is 11.5 Å². The molecule has 1 N–H and O–H groups in total. The van der Waals surface area contributed by atoms with Gasteiger partial charge in [0, 0.05) is 18.7 Å². The lowest BCUT2D eigenvalue weighted by Gasteiger charge is -2.24. The normalized spacial score (nSPS) is 15.8. The summed E-state index contributed by atoms with van der Waals surface area (Å²) in [7, 11) is 0. The van der Waals surface area contributed by atoms with Gasteiger partial charge in [-0.25, -0.2) is 4.98 Å². The van der Waals surface area contributed by atoms with Crippen LogP contribution in [-0.4, -0.2) is 15.4 Å². The first kappa shape index (κ1) is 14.3. The predicted molar refractivity (Wildman–Crippen MR) is 94.9 cm³/mol. The summed E-state index contributed by atoms with van der Waals surface area (Å²) >= 11 is 0. The van der Waals surface area contributed by atoms with E-state index in [4.69, 9.17) is 4.98 Å². The minimum absolute atomic E-state index is 0.582. The topological polar surface area (TPSA) is 29.3 Å². The molecule has 3 nitrogen and oxygen atoms in total. The summed E-state index contributed by atoms with van der Waals surface area (Å²) in [6, 6.07) is 17.4. The average Bonchev–Trinajstić information content (AvgIpc) is 2.94. The number of fused-ring (bicyclic) bond motifs is 1. The van der Waals surface area contributed by atoms with E-state index in [1.807, 2.05) is 0 Å². The van der Waals surface area contributed by atoms with Gasteiger partial charge in [-0.2, -0.15) is 0 Å². The first-order valence-electron chi connectivity index (χ1n) is 8.66. The largest absolute Gasteiger partial charge is 0.367 e. The second-order valence-electron chi connectivity index (χ2n) is 6.48. The van der Waals surface area contributed by atoms with Crippen LogP contribution >= 0.6 is 0 Å². The molecule has 1 fully saturated rings. The van der Waals surface area contributed by atoms with Gasteiger partial charge in [-0.1, -0.05) is 55.7 Å². The molecule has 1 aliphatic rings. The molecule has 0 bridgehead atoms. The first-order chi connectivity index (χ1) is 11.4. The van der Waals surface area contributed by atoms with Crippen molar-refractivity contribution in [2.45, 2.75) is 44.6 Å². The molecule has 2 aromatic heterocycles. The number of aromatic nitrogens is 2. The molecule has 0 atom stereocenters. The molecular formula is C20H23N3. The minimum Gasteiger partial charge on any atom is -0.367 e. The molecular weight excluding hydrogens is 282 g/mol. The second-order valence-corrected chi connectivity index (χ2v) is 6.48. The number of benzene rings is 1. The molecule has 1 aliphatic carbocycles. The van der Waals surface area contributed by atoms with Gasteiger partial charge >= 0.3 is 0 Å². The molecule has 3 heteroatoms. The van der Waals surface area contributed by atoms with Crippen molar-refractivity contribution in [1.82, 2.24) is 9.38 Å². The molecule has 0 unspecified atom stereocenters. The molecule has 0 saturated heterocycles. The van der Waals surface area contributed by atoms with Crippen molar-refractivity contribution in [1.29, 1.82) is 0 Å². The second kappa shape index (κ2) is 6.45. The van der Waals surface area contributed by atoms with E-state index in [9.17, 15) is 0 Å². The number of hydrogen-bond acceptors (Lipinski definition) is 2. The first-order valence-corrected chi connectivity index (χ1v) is 8.66. The fourth-order valence-corrected chi connectivity index (χ4v) is 3.55. The highest BCUT2D eigenvalue weighted by molar-refractivity contribution is 5.56. The SMILES string of the molecule is c1ccc(Cc2nc3ccccn3c2NC2CCCCC2)cc1. The molecule has 0 amide bonds. The summed E-state index contributed by atoms with van der Waals surface area (Å²) in [6.45, 7) is 0. The third kappa shape index (κ3) is 3.09. The van der Waals surface area contributed by atoms with Gasteiger partial charge in [-0.3, -0.25) is 4.40 Å². The maximum atomic E-state index is 4.87. The third-order valence-electron chi connectivity index (χ3n) is 4.76. The van der Waals surface area contributed by atoms with Gasteiger partial charge in [0.05, 0.1) is 5.69 Å². The number of nitrogens with one attached hydrogen (secondary N) is 1. The zero-order valence-electron chi connectivity index (χ0n) is 13.4. The van der Waals surface area contributed by atoms with Crippen molar-refractivity contribution in [3.05, 3.63) is 66.0 Å². The molecule has 4 rings (SSSR count). The Kier molecular flexibility index (Phi) is 4.01. The van der Waals surface area contributed by atoms with E-state index in [2.05, 4.69) is 64.4 Å². The lowest BCUT2D eigenvalue weighted by molar-refractivity contribution is 0.461. The smallest absolute Gasteiger partial charge is 0.138 e.